The number of amides is 2. The van der Waals surface area contributed by atoms with Gasteiger partial charge in [0.1, 0.15) is 17.6 Å². The molecule has 1 saturated carbocycles. The molecule has 2 aromatic heterocycles. The molecule has 4 aromatic rings. The molecule has 2 aromatic carbocycles. The van der Waals surface area contributed by atoms with Crippen molar-refractivity contribution in [2.75, 3.05) is 11.9 Å². The third-order valence-electron chi connectivity index (χ3n) is 7.80. The number of aromatic amines is 1. The number of aryl methyl sites for hydroxylation is 3. The first-order valence-corrected chi connectivity index (χ1v) is 12.8. The van der Waals surface area contributed by atoms with Gasteiger partial charge >= 0.3 is 0 Å². The molecule has 10 nitrogen and oxygen atoms in total. The molecule has 206 valence electrons. The minimum atomic E-state index is -1.29. The number of rotatable bonds is 6. The second-order valence-corrected chi connectivity index (χ2v) is 10.4. The number of carbonyl (C=O) groups excluding carboxylic acids is 2. The molecule has 0 radical (unpaired) electrons. The average molecular weight is 549 g/mol. The van der Waals surface area contributed by atoms with Gasteiger partial charge in [0.15, 0.2) is 17.3 Å². The number of hydrogen-bond acceptors (Lipinski definition) is 7. The highest BCUT2D eigenvalue weighted by Crippen LogP contribution is 2.62. The molecule has 0 saturated heterocycles. The molecule has 1 aliphatic heterocycles. The van der Waals surface area contributed by atoms with Crippen molar-refractivity contribution >= 4 is 17.5 Å². The van der Waals surface area contributed by atoms with Gasteiger partial charge < -0.3 is 15.4 Å². The molecular weight excluding hydrogens is 522 g/mol. The number of fused-ring (bicyclic) bond motifs is 1. The Morgan fingerprint density at radius 3 is 2.38 bits per heavy atom. The minimum Gasteiger partial charge on any atom is -0.489 e. The number of hydrogen-bond donors (Lipinski definition) is 3. The zero-order valence-corrected chi connectivity index (χ0v) is 22.0. The summed E-state index contributed by atoms with van der Waals surface area (Å²) in [6.07, 6.45) is 1.24. The first-order chi connectivity index (χ1) is 19.2. The van der Waals surface area contributed by atoms with E-state index < -0.39 is 40.8 Å². The summed E-state index contributed by atoms with van der Waals surface area (Å²) in [5.41, 5.74) is 3.50. The van der Waals surface area contributed by atoms with Gasteiger partial charge in [0, 0.05) is 33.8 Å². The molecular formula is C28H26F2N6O4. The number of nitrogens with zero attached hydrogens (tertiary/aromatic N) is 3. The van der Waals surface area contributed by atoms with E-state index in [-0.39, 0.29) is 29.3 Å². The lowest BCUT2D eigenvalue weighted by Crippen LogP contribution is -2.52. The van der Waals surface area contributed by atoms with E-state index >= 15 is 4.39 Å². The van der Waals surface area contributed by atoms with Crippen LogP contribution < -0.4 is 15.4 Å². The molecule has 2 aliphatic rings. The molecule has 1 unspecified atom stereocenters. The lowest BCUT2D eigenvalue weighted by Gasteiger charge is -2.38. The zero-order valence-electron chi connectivity index (χ0n) is 22.0. The number of benzene rings is 2. The summed E-state index contributed by atoms with van der Waals surface area (Å²) < 4.78 is 40.4. The van der Waals surface area contributed by atoms with Gasteiger partial charge in [0.05, 0.1) is 12.3 Å². The molecule has 40 heavy (non-hydrogen) atoms. The van der Waals surface area contributed by atoms with Crippen LogP contribution in [0, 0.1) is 37.8 Å². The maximum Gasteiger partial charge on any atom is 0.276 e. The fourth-order valence-electron chi connectivity index (χ4n) is 5.60. The quantitative estimate of drug-likeness (QED) is 0.326. The Morgan fingerprint density at radius 1 is 1.02 bits per heavy atom. The predicted molar refractivity (Wildman–Crippen MR) is 139 cm³/mol. The number of nitrogens with one attached hydrogen (secondary N) is 3. The van der Waals surface area contributed by atoms with Crippen molar-refractivity contribution < 1.29 is 27.7 Å². The summed E-state index contributed by atoms with van der Waals surface area (Å²) in [6.45, 7) is 5.45. The van der Waals surface area contributed by atoms with E-state index in [4.69, 9.17) is 4.74 Å². The number of ether oxygens (including phenoxy) is 1. The van der Waals surface area contributed by atoms with Crippen molar-refractivity contribution in [3.8, 4) is 16.9 Å². The number of anilines is 1. The maximum atomic E-state index is 15.3. The largest absolute Gasteiger partial charge is 0.489 e. The van der Waals surface area contributed by atoms with Crippen LogP contribution in [0.15, 0.2) is 41.0 Å². The third-order valence-corrected chi connectivity index (χ3v) is 7.80. The molecule has 1 fully saturated rings. The SMILES string of the molecule is Cc1nonc1C(=O)N[C@H](C(=O)Nc1ccc(-c2c(C)n[nH]c2C)cc1)C1c2c(F)ccc(F)c2OCC12CC2. The van der Waals surface area contributed by atoms with Crippen molar-refractivity contribution in [3.05, 3.63) is 76.4 Å². The lowest BCUT2D eigenvalue weighted by molar-refractivity contribution is -0.119. The summed E-state index contributed by atoms with van der Waals surface area (Å²) >= 11 is 0. The summed E-state index contributed by atoms with van der Waals surface area (Å²) in [5.74, 6) is -3.91. The van der Waals surface area contributed by atoms with Crippen LogP contribution in [0.3, 0.4) is 0 Å². The third kappa shape index (κ3) is 4.29. The van der Waals surface area contributed by atoms with E-state index in [1.165, 1.54) is 6.92 Å². The Labute approximate surface area is 227 Å². The van der Waals surface area contributed by atoms with Gasteiger partial charge in [-0.1, -0.05) is 17.3 Å². The Morgan fingerprint density at radius 2 is 1.75 bits per heavy atom. The molecule has 2 amide bonds. The molecule has 2 atom stereocenters. The summed E-state index contributed by atoms with van der Waals surface area (Å²) in [5, 5.41) is 20.0. The second-order valence-electron chi connectivity index (χ2n) is 10.4. The molecule has 1 aliphatic carbocycles. The highest BCUT2D eigenvalue weighted by molar-refractivity contribution is 6.01. The highest BCUT2D eigenvalue weighted by Gasteiger charge is 2.59. The monoisotopic (exact) mass is 548 g/mol. The topological polar surface area (TPSA) is 135 Å². The molecule has 3 N–H and O–H groups in total. The van der Waals surface area contributed by atoms with Crippen molar-refractivity contribution in [1.29, 1.82) is 0 Å². The van der Waals surface area contributed by atoms with Gasteiger partial charge in [-0.25, -0.2) is 13.4 Å². The Hall–Kier alpha value is -4.61. The normalized spacial score (nSPS) is 17.6. The van der Waals surface area contributed by atoms with Crippen LogP contribution in [0.1, 0.15) is 51.9 Å². The Kier molecular flexibility index (Phi) is 6.12. The van der Waals surface area contributed by atoms with Crippen molar-refractivity contribution in [3.63, 3.8) is 0 Å². The van der Waals surface area contributed by atoms with Crippen LogP contribution in [-0.4, -0.2) is 45.0 Å². The van der Waals surface area contributed by atoms with Crippen LogP contribution >= 0.6 is 0 Å². The first-order valence-electron chi connectivity index (χ1n) is 12.8. The summed E-state index contributed by atoms with van der Waals surface area (Å²) in [7, 11) is 0. The van der Waals surface area contributed by atoms with Crippen LogP contribution in [0.4, 0.5) is 14.5 Å². The van der Waals surface area contributed by atoms with Gasteiger partial charge in [0.2, 0.25) is 5.91 Å². The van der Waals surface area contributed by atoms with Gasteiger partial charge in [-0.3, -0.25) is 14.7 Å². The van der Waals surface area contributed by atoms with Crippen LogP contribution in [0.25, 0.3) is 11.1 Å². The summed E-state index contributed by atoms with van der Waals surface area (Å²) in [4.78, 5) is 27.1. The zero-order chi connectivity index (χ0) is 28.2. The van der Waals surface area contributed by atoms with E-state index in [0.29, 0.717) is 18.5 Å². The molecule has 0 bridgehead atoms. The Bertz CT molecular complexity index is 1610. The van der Waals surface area contributed by atoms with E-state index in [9.17, 15) is 14.0 Å². The van der Waals surface area contributed by atoms with E-state index in [1.807, 2.05) is 26.0 Å². The Balaban J connectivity index is 1.36. The van der Waals surface area contributed by atoms with E-state index in [2.05, 4.69) is 35.8 Å². The lowest BCUT2D eigenvalue weighted by atomic mass is 9.75. The number of halogens is 2. The van der Waals surface area contributed by atoms with E-state index in [1.54, 1.807) is 12.1 Å². The number of H-pyrrole nitrogens is 1. The van der Waals surface area contributed by atoms with Crippen LogP contribution in [-0.2, 0) is 4.79 Å². The highest BCUT2D eigenvalue weighted by atomic mass is 19.1. The van der Waals surface area contributed by atoms with Crippen LogP contribution in [0.2, 0.25) is 0 Å². The standard InChI is InChI=1S/C28H26F2N6O4/c1-13-20(14(2)34-33-13)16-4-6-17(7-5-16)31-27(38)24(32-26(37)23-15(3)35-40-36-23)22-21-18(29)8-9-19(30)25(21)39-12-28(22)10-11-28/h4-9,22,24H,10-12H2,1-3H3,(H,31,38)(H,32,37)(H,33,34)/t22?,24-/m0/s1. The fourth-order valence-corrected chi connectivity index (χ4v) is 5.60. The van der Waals surface area contributed by atoms with Gasteiger partial charge in [-0.15, -0.1) is 0 Å². The average Bonchev–Trinajstić information content (AvgIpc) is 3.43. The predicted octanol–water partition coefficient (Wildman–Crippen LogP) is 4.36. The first kappa shape index (κ1) is 25.7. The second kappa shape index (κ2) is 9.54. The fraction of sp³-hybridized carbons (Fsp3) is 0.321. The van der Waals surface area contributed by atoms with Crippen molar-refractivity contribution in [1.82, 2.24) is 25.8 Å². The maximum absolute atomic E-state index is 15.3. The van der Waals surface area contributed by atoms with Crippen molar-refractivity contribution in [2.45, 2.75) is 45.6 Å². The molecule has 3 heterocycles. The van der Waals surface area contributed by atoms with E-state index in [0.717, 1.165) is 34.6 Å². The smallest absolute Gasteiger partial charge is 0.276 e. The molecule has 12 heteroatoms. The van der Waals surface area contributed by atoms with Crippen molar-refractivity contribution in [2.24, 2.45) is 5.41 Å². The van der Waals surface area contributed by atoms with Gasteiger partial charge in [-0.2, -0.15) is 5.10 Å². The molecule has 6 rings (SSSR count). The molecule has 1 spiro atoms. The van der Waals surface area contributed by atoms with Gasteiger partial charge in [-0.05, 0) is 68.6 Å². The minimum absolute atomic E-state index is 0.0690. The van der Waals surface area contributed by atoms with Gasteiger partial charge in [0.25, 0.3) is 5.91 Å². The number of carbonyl (C=O) groups is 2. The number of aromatic nitrogens is 4. The summed E-state index contributed by atoms with van der Waals surface area (Å²) in [6, 6.07) is 7.86. The van der Waals surface area contributed by atoms with Crippen LogP contribution in [0.5, 0.6) is 5.75 Å².